The molecule has 0 aromatic rings. The summed E-state index contributed by atoms with van der Waals surface area (Å²) < 4.78 is 4.65. The van der Waals surface area contributed by atoms with E-state index in [9.17, 15) is 0 Å². The first-order valence-corrected chi connectivity index (χ1v) is 3.52. The lowest BCUT2D eigenvalue weighted by Crippen LogP contribution is -2.13. The second-order valence-electron chi connectivity index (χ2n) is 2.19. The predicted molar refractivity (Wildman–Crippen MR) is 39.3 cm³/mol. The van der Waals surface area contributed by atoms with Crippen molar-refractivity contribution in [1.82, 2.24) is 0 Å². The van der Waals surface area contributed by atoms with Crippen molar-refractivity contribution in [3.05, 3.63) is 0 Å². The van der Waals surface area contributed by atoms with Crippen molar-refractivity contribution in [1.29, 1.82) is 0 Å². The SMILES string of the molecule is CCCCCB(O)OC. The van der Waals surface area contributed by atoms with Crippen LogP contribution in [0.25, 0.3) is 0 Å². The fraction of sp³-hybridized carbons (Fsp3) is 1.00. The van der Waals surface area contributed by atoms with Crippen molar-refractivity contribution in [3.8, 4) is 0 Å². The fourth-order valence-corrected chi connectivity index (χ4v) is 0.687. The summed E-state index contributed by atoms with van der Waals surface area (Å²) in [4.78, 5) is 0. The minimum Gasteiger partial charge on any atom is -0.427 e. The summed E-state index contributed by atoms with van der Waals surface area (Å²) >= 11 is 0. The highest BCUT2D eigenvalue weighted by molar-refractivity contribution is 6.42. The molecule has 1 N–H and O–H groups in total. The zero-order valence-corrected chi connectivity index (χ0v) is 6.26. The van der Waals surface area contributed by atoms with Crippen molar-refractivity contribution >= 4 is 7.12 Å². The van der Waals surface area contributed by atoms with E-state index in [1.54, 1.807) is 0 Å². The Morgan fingerprint density at radius 2 is 2.11 bits per heavy atom. The molecule has 0 bridgehead atoms. The van der Waals surface area contributed by atoms with E-state index in [0.717, 1.165) is 12.7 Å². The molecule has 0 heterocycles. The maximum Gasteiger partial charge on any atom is 0.453 e. The van der Waals surface area contributed by atoms with Crippen LogP contribution in [0.1, 0.15) is 26.2 Å². The van der Waals surface area contributed by atoms with Gasteiger partial charge in [-0.3, -0.25) is 0 Å². The predicted octanol–water partition coefficient (Wildman–Crippen LogP) is 1.30. The number of unbranched alkanes of at least 4 members (excludes halogenated alkanes) is 2. The van der Waals surface area contributed by atoms with Crippen LogP contribution in [0.5, 0.6) is 0 Å². The quantitative estimate of drug-likeness (QED) is 0.449. The highest BCUT2D eigenvalue weighted by Crippen LogP contribution is 2.01. The van der Waals surface area contributed by atoms with Crippen LogP contribution < -0.4 is 0 Å². The Balaban J connectivity index is 2.88. The molecule has 0 saturated heterocycles. The van der Waals surface area contributed by atoms with Crippen LogP contribution in [-0.4, -0.2) is 19.3 Å². The van der Waals surface area contributed by atoms with Crippen LogP contribution >= 0.6 is 0 Å². The Hall–Kier alpha value is -0.0151. The van der Waals surface area contributed by atoms with Gasteiger partial charge in [-0.25, -0.2) is 0 Å². The first kappa shape index (κ1) is 8.98. The van der Waals surface area contributed by atoms with E-state index in [-0.39, 0.29) is 0 Å². The fourth-order valence-electron chi connectivity index (χ4n) is 0.687. The van der Waals surface area contributed by atoms with Crippen LogP contribution in [-0.2, 0) is 4.65 Å². The summed E-state index contributed by atoms with van der Waals surface area (Å²) in [6.07, 6.45) is 4.20. The Morgan fingerprint density at radius 3 is 2.56 bits per heavy atom. The normalized spacial score (nSPS) is 9.67. The molecule has 0 saturated carbocycles. The summed E-state index contributed by atoms with van der Waals surface area (Å²) in [6.45, 7) is 2.14. The van der Waals surface area contributed by atoms with Crippen molar-refractivity contribution in [3.63, 3.8) is 0 Å². The van der Waals surface area contributed by atoms with Crippen molar-refractivity contribution in [2.75, 3.05) is 7.11 Å². The van der Waals surface area contributed by atoms with Gasteiger partial charge in [-0.2, -0.15) is 0 Å². The first-order valence-electron chi connectivity index (χ1n) is 3.52. The Labute approximate surface area is 57.4 Å². The van der Waals surface area contributed by atoms with Gasteiger partial charge < -0.3 is 9.68 Å². The van der Waals surface area contributed by atoms with Crippen LogP contribution in [0.15, 0.2) is 0 Å². The highest BCUT2D eigenvalue weighted by Gasteiger charge is 2.07. The molecule has 3 heteroatoms. The van der Waals surface area contributed by atoms with E-state index in [1.807, 2.05) is 0 Å². The third-order valence-corrected chi connectivity index (χ3v) is 1.33. The van der Waals surface area contributed by atoms with Crippen LogP contribution in [0.4, 0.5) is 0 Å². The largest absolute Gasteiger partial charge is 0.453 e. The van der Waals surface area contributed by atoms with Gasteiger partial charge in [-0.05, 0) is 6.32 Å². The maximum absolute atomic E-state index is 8.86. The summed E-state index contributed by atoms with van der Waals surface area (Å²) in [5, 5.41) is 8.86. The summed E-state index contributed by atoms with van der Waals surface area (Å²) in [5.74, 6) is 0. The van der Waals surface area contributed by atoms with E-state index >= 15 is 0 Å². The molecule has 0 aliphatic carbocycles. The molecule has 0 unspecified atom stereocenters. The van der Waals surface area contributed by atoms with Crippen molar-refractivity contribution in [2.45, 2.75) is 32.5 Å². The molecular weight excluding hydrogens is 115 g/mol. The number of hydrogen-bond acceptors (Lipinski definition) is 2. The van der Waals surface area contributed by atoms with E-state index in [1.165, 1.54) is 20.0 Å². The van der Waals surface area contributed by atoms with Gasteiger partial charge in [0.1, 0.15) is 0 Å². The van der Waals surface area contributed by atoms with Crippen LogP contribution in [0, 0.1) is 0 Å². The topological polar surface area (TPSA) is 29.5 Å². The average molecular weight is 130 g/mol. The lowest BCUT2D eigenvalue weighted by Gasteiger charge is -2.00. The molecule has 0 radical (unpaired) electrons. The third-order valence-electron chi connectivity index (χ3n) is 1.33. The monoisotopic (exact) mass is 130 g/mol. The molecule has 9 heavy (non-hydrogen) atoms. The molecule has 0 spiro atoms. The second-order valence-corrected chi connectivity index (χ2v) is 2.19. The van der Waals surface area contributed by atoms with Gasteiger partial charge in [0.25, 0.3) is 0 Å². The molecule has 0 aliphatic rings. The molecule has 0 aromatic heterocycles. The van der Waals surface area contributed by atoms with Gasteiger partial charge >= 0.3 is 7.12 Å². The summed E-state index contributed by atoms with van der Waals surface area (Å²) in [7, 11) is 0.980. The van der Waals surface area contributed by atoms with E-state index in [4.69, 9.17) is 5.02 Å². The van der Waals surface area contributed by atoms with Crippen LogP contribution in [0.3, 0.4) is 0 Å². The van der Waals surface area contributed by atoms with Gasteiger partial charge in [0, 0.05) is 7.11 Å². The van der Waals surface area contributed by atoms with Gasteiger partial charge in [0.05, 0.1) is 0 Å². The zero-order chi connectivity index (χ0) is 7.11. The molecule has 2 nitrogen and oxygen atoms in total. The minimum atomic E-state index is -0.545. The molecular formula is C6H15BO2. The molecule has 0 aromatic carbocycles. The summed E-state index contributed by atoms with van der Waals surface area (Å²) in [5.41, 5.74) is 0. The van der Waals surface area contributed by atoms with E-state index in [0.29, 0.717) is 0 Å². The summed E-state index contributed by atoms with van der Waals surface area (Å²) in [6, 6.07) is 0. The lowest BCUT2D eigenvalue weighted by molar-refractivity contribution is 0.324. The average Bonchev–Trinajstić information content (AvgIpc) is 1.89. The molecule has 0 atom stereocenters. The van der Waals surface area contributed by atoms with E-state index in [2.05, 4.69) is 11.6 Å². The van der Waals surface area contributed by atoms with Gasteiger partial charge in [0.2, 0.25) is 0 Å². The smallest absolute Gasteiger partial charge is 0.427 e. The number of hydrogen-bond donors (Lipinski definition) is 1. The van der Waals surface area contributed by atoms with Gasteiger partial charge in [-0.1, -0.05) is 26.2 Å². The molecule has 0 aliphatic heterocycles. The van der Waals surface area contributed by atoms with Crippen molar-refractivity contribution < 1.29 is 9.68 Å². The maximum atomic E-state index is 8.86. The van der Waals surface area contributed by atoms with Crippen LogP contribution in [0.2, 0.25) is 6.32 Å². The van der Waals surface area contributed by atoms with E-state index < -0.39 is 7.12 Å². The zero-order valence-electron chi connectivity index (χ0n) is 6.26. The second kappa shape index (κ2) is 6.11. The standard InChI is InChI=1S/C6H15BO2/c1-3-4-5-6-7(8)9-2/h8H,3-6H2,1-2H3. The van der Waals surface area contributed by atoms with Crippen molar-refractivity contribution in [2.24, 2.45) is 0 Å². The third kappa shape index (κ3) is 5.86. The Morgan fingerprint density at radius 1 is 1.44 bits per heavy atom. The highest BCUT2D eigenvalue weighted by atomic mass is 16.5. The minimum absolute atomic E-state index is 0.545. The molecule has 0 fully saturated rings. The van der Waals surface area contributed by atoms with Gasteiger partial charge in [-0.15, -0.1) is 0 Å². The molecule has 54 valence electrons. The lowest BCUT2D eigenvalue weighted by atomic mass is 9.83. The Kier molecular flexibility index (Phi) is 6.10. The van der Waals surface area contributed by atoms with Gasteiger partial charge in [0.15, 0.2) is 0 Å². The first-order chi connectivity index (χ1) is 4.31. The molecule has 0 amide bonds. The number of rotatable bonds is 5. The Bertz CT molecular complexity index is 59.0. The molecule has 0 rings (SSSR count).